The molecular weight excluding hydrogens is 949 g/mol. The minimum atomic E-state index is -1.19. The fourth-order valence-electron chi connectivity index (χ4n) is 6.70. The van der Waals surface area contributed by atoms with Crippen molar-refractivity contribution in [3.05, 3.63) is 120 Å². The molecule has 4 aromatic rings. The molecule has 18 nitrogen and oxygen atoms in total. The number of amides is 6. The topological polar surface area (TPSA) is 195 Å². The highest BCUT2D eigenvalue weighted by atomic mass is 16.6. The number of carbonyl (C=O) groups is 6. The van der Waals surface area contributed by atoms with Gasteiger partial charge in [0.1, 0.15) is 33.6 Å². The number of para-hydroxylation sites is 2. The third-order valence-electron chi connectivity index (χ3n) is 9.32. The number of rotatable bonds is 9. The summed E-state index contributed by atoms with van der Waals surface area (Å²) in [7, 11) is 0. The Morgan fingerprint density at radius 3 is 0.757 bits per heavy atom. The molecular formula is C56H76N6O12. The summed E-state index contributed by atoms with van der Waals surface area (Å²) in [6.07, 6.45) is -6.89. The van der Waals surface area contributed by atoms with Crippen LogP contribution < -0.4 is 20.7 Å². The van der Waals surface area contributed by atoms with Gasteiger partial charge in [-0.3, -0.25) is 0 Å². The van der Waals surface area contributed by atoms with E-state index in [4.69, 9.17) is 28.4 Å². The third kappa shape index (κ3) is 18.5. The molecule has 0 heterocycles. The Labute approximate surface area is 436 Å². The number of hydrogen-bond acceptors (Lipinski definition) is 14. The largest absolute Gasteiger partial charge is 0.442 e. The number of benzene rings is 4. The predicted octanol–water partition coefficient (Wildman–Crippen LogP) is 14.4. The minimum absolute atomic E-state index is 0.0527. The molecule has 6 amide bonds. The molecule has 4 aromatic carbocycles. The van der Waals surface area contributed by atoms with Crippen molar-refractivity contribution in [1.82, 2.24) is 10.0 Å². The van der Waals surface area contributed by atoms with Gasteiger partial charge in [-0.1, -0.05) is 60.7 Å². The first-order valence-electron chi connectivity index (χ1n) is 24.3. The van der Waals surface area contributed by atoms with Gasteiger partial charge in [-0.25, -0.2) is 28.8 Å². The molecule has 0 aliphatic rings. The molecule has 0 saturated carbocycles. The summed E-state index contributed by atoms with van der Waals surface area (Å²) in [6.45, 7) is 29.4. The smallest absolute Gasteiger partial charge is 0.440 e. The monoisotopic (exact) mass is 1020 g/mol. The van der Waals surface area contributed by atoms with Crippen LogP contribution in [-0.2, 0) is 28.4 Å². The van der Waals surface area contributed by atoms with E-state index in [0.717, 1.165) is 21.4 Å². The Balaban J connectivity index is 1.99. The van der Waals surface area contributed by atoms with Crippen LogP contribution in [0.5, 0.6) is 0 Å². The lowest BCUT2D eigenvalue weighted by molar-refractivity contribution is -0.00768. The molecule has 0 saturated heterocycles. The fourth-order valence-corrected chi connectivity index (χ4v) is 6.70. The van der Waals surface area contributed by atoms with Gasteiger partial charge < -0.3 is 39.1 Å². The third-order valence-corrected chi connectivity index (χ3v) is 9.32. The zero-order valence-electron chi connectivity index (χ0n) is 46.2. The second-order valence-electron chi connectivity index (χ2n) is 23.3. The van der Waals surface area contributed by atoms with E-state index in [1.807, 2.05) is 60.7 Å². The molecule has 4 rings (SSSR count). The first kappa shape index (κ1) is 59.1. The molecule has 0 fully saturated rings. The lowest BCUT2D eigenvalue weighted by Gasteiger charge is -2.36. The Kier molecular flexibility index (Phi) is 18.5. The van der Waals surface area contributed by atoms with Crippen molar-refractivity contribution in [2.75, 3.05) is 20.7 Å². The number of carbonyl (C=O) groups excluding carboxylic acids is 6. The molecule has 402 valence electrons. The van der Waals surface area contributed by atoms with Crippen LogP contribution >= 0.6 is 0 Å². The van der Waals surface area contributed by atoms with Gasteiger partial charge in [0.25, 0.3) is 0 Å². The number of imide groups is 2. The van der Waals surface area contributed by atoms with Gasteiger partial charge in [0.15, 0.2) is 0 Å². The first-order valence-corrected chi connectivity index (χ1v) is 24.3. The van der Waals surface area contributed by atoms with Crippen LogP contribution in [0.3, 0.4) is 0 Å². The van der Waals surface area contributed by atoms with Crippen molar-refractivity contribution in [1.29, 1.82) is 0 Å². The van der Waals surface area contributed by atoms with Crippen molar-refractivity contribution >= 4 is 59.3 Å². The summed E-state index contributed by atoms with van der Waals surface area (Å²) in [5.74, 6) is 0. The molecule has 74 heavy (non-hydrogen) atoms. The number of anilines is 4. The van der Waals surface area contributed by atoms with Gasteiger partial charge in [0.2, 0.25) is 0 Å². The van der Waals surface area contributed by atoms with E-state index in [1.165, 1.54) is 0 Å². The van der Waals surface area contributed by atoms with Gasteiger partial charge in [0, 0.05) is 11.4 Å². The molecule has 0 aliphatic carbocycles. The van der Waals surface area contributed by atoms with Crippen LogP contribution in [0.4, 0.5) is 51.5 Å². The number of hydrogen-bond donors (Lipinski definition) is 2. The maximum atomic E-state index is 14.3. The highest BCUT2D eigenvalue weighted by molar-refractivity contribution is 6.00. The Hall–Kier alpha value is -7.50. The Morgan fingerprint density at radius 1 is 0.324 bits per heavy atom. The molecule has 2 N–H and O–H groups in total. The highest BCUT2D eigenvalue weighted by Crippen LogP contribution is 2.38. The molecule has 0 aliphatic heterocycles. The van der Waals surface area contributed by atoms with E-state index in [1.54, 1.807) is 173 Å². The van der Waals surface area contributed by atoms with E-state index in [9.17, 15) is 28.8 Å². The summed E-state index contributed by atoms with van der Waals surface area (Å²) < 4.78 is 34.2. The maximum Gasteiger partial charge on any atom is 0.440 e. The molecule has 0 radical (unpaired) electrons. The first-order chi connectivity index (χ1) is 33.9. The Bertz CT molecular complexity index is 2310. The van der Waals surface area contributed by atoms with Crippen LogP contribution in [0.25, 0.3) is 0 Å². The minimum Gasteiger partial charge on any atom is -0.442 e. The standard InChI is InChI=1S/C56H76N6O12/c1-51(2,3)69-45(63)59(61(47(65)71-53(7,8)9)48(66)72-54(10,11)12)41-33-29-37(30-34-41)43(57-39-25-21-19-22-26-39)44(58-40-27-23-20-24-28-40)38-31-35-42(36-32-38)60(46(64)70-52(4,5)6)62(49(67)73-55(13,14)15)50(68)74-56(16,17)18/h19-36,43-44,57-58H,1-18H3. The van der Waals surface area contributed by atoms with Crippen LogP contribution in [0.15, 0.2) is 109 Å². The summed E-state index contributed by atoms with van der Waals surface area (Å²) in [6, 6.07) is 30.7. The van der Waals surface area contributed by atoms with Crippen molar-refractivity contribution in [2.24, 2.45) is 0 Å². The van der Waals surface area contributed by atoms with E-state index < -0.39 is 82.2 Å². The zero-order valence-corrected chi connectivity index (χ0v) is 46.2. The summed E-state index contributed by atoms with van der Waals surface area (Å²) in [5.41, 5.74) is -3.59. The van der Waals surface area contributed by atoms with E-state index in [0.29, 0.717) is 21.1 Å². The van der Waals surface area contributed by atoms with Gasteiger partial charge in [0.05, 0.1) is 23.5 Å². The zero-order chi connectivity index (χ0) is 55.8. The van der Waals surface area contributed by atoms with Crippen LogP contribution in [0.2, 0.25) is 0 Å². The highest BCUT2D eigenvalue weighted by Gasteiger charge is 2.43. The van der Waals surface area contributed by atoms with Gasteiger partial charge in [-0.15, -0.1) is 10.0 Å². The molecule has 0 bridgehead atoms. The average molecular weight is 1030 g/mol. The average Bonchev–Trinajstić information content (AvgIpc) is 3.23. The second-order valence-corrected chi connectivity index (χ2v) is 23.3. The van der Waals surface area contributed by atoms with Crippen molar-refractivity contribution < 1.29 is 57.2 Å². The van der Waals surface area contributed by atoms with Gasteiger partial charge in [-0.2, -0.15) is 10.0 Å². The predicted molar refractivity (Wildman–Crippen MR) is 285 cm³/mol. The van der Waals surface area contributed by atoms with E-state index in [-0.39, 0.29) is 11.4 Å². The van der Waals surface area contributed by atoms with Gasteiger partial charge >= 0.3 is 36.6 Å². The molecule has 0 spiro atoms. The molecule has 0 aromatic heterocycles. The quantitative estimate of drug-likeness (QED) is 0.119. The number of nitrogens with one attached hydrogen (secondary N) is 2. The summed E-state index contributed by atoms with van der Waals surface area (Å²) in [5, 5.41) is 9.84. The molecule has 18 heteroatoms. The Morgan fingerprint density at radius 2 is 0.541 bits per heavy atom. The van der Waals surface area contributed by atoms with Crippen molar-refractivity contribution in [3.63, 3.8) is 0 Å². The van der Waals surface area contributed by atoms with Gasteiger partial charge in [-0.05, 0) is 184 Å². The SMILES string of the molecule is CC(C)(C)OC(=O)N(C(=O)OC(C)(C)C)N(C(=O)OC(C)(C)C)c1ccc(C(Nc2ccccc2)C(Nc2ccccc2)c2ccc(N(C(=O)OC(C)(C)C)N(C(=O)OC(C)(C)C)C(=O)OC(C)(C)C)cc2)cc1. The summed E-state index contributed by atoms with van der Waals surface area (Å²) in [4.78, 5) is 84.5. The second kappa shape index (κ2) is 23.1. The van der Waals surface area contributed by atoms with Crippen LogP contribution in [0, 0.1) is 0 Å². The van der Waals surface area contributed by atoms with Crippen molar-refractivity contribution in [2.45, 2.75) is 170 Å². The van der Waals surface area contributed by atoms with Crippen molar-refractivity contribution in [3.8, 4) is 0 Å². The van der Waals surface area contributed by atoms with E-state index >= 15 is 0 Å². The van der Waals surface area contributed by atoms with E-state index in [2.05, 4.69) is 10.6 Å². The normalized spacial score (nSPS) is 12.9. The van der Waals surface area contributed by atoms with Crippen LogP contribution in [-0.4, -0.2) is 80.2 Å². The maximum absolute atomic E-state index is 14.3. The van der Waals surface area contributed by atoms with Crippen LogP contribution in [0.1, 0.15) is 148 Å². The lowest BCUT2D eigenvalue weighted by Crippen LogP contribution is -2.56. The molecule has 2 unspecified atom stereocenters. The fraction of sp³-hybridized carbons (Fsp3) is 0.464. The number of nitrogens with zero attached hydrogens (tertiary/aromatic N) is 4. The lowest BCUT2D eigenvalue weighted by atomic mass is 9.92. The number of ether oxygens (including phenoxy) is 6. The number of hydrazine groups is 2. The molecule has 2 atom stereocenters. The summed E-state index contributed by atoms with van der Waals surface area (Å²) >= 11 is 0.